The number of ether oxygens (including phenoxy) is 1. The van der Waals surface area contributed by atoms with Crippen LogP contribution in [-0.4, -0.2) is 28.9 Å². The van der Waals surface area contributed by atoms with Crippen LogP contribution < -0.4 is 4.74 Å². The molecule has 23 heavy (non-hydrogen) atoms. The predicted molar refractivity (Wildman–Crippen MR) is 86.6 cm³/mol. The van der Waals surface area contributed by atoms with Crippen LogP contribution in [0.15, 0.2) is 47.7 Å². The van der Waals surface area contributed by atoms with Gasteiger partial charge in [0.05, 0.1) is 24.0 Å². The summed E-state index contributed by atoms with van der Waals surface area (Å²) in [5, 5.41) is 0. The second-order valence-electron chi connectivity index (χ2n) is 5.48. The molecule has 0 N–H and O–H groups in total. The van der Waals surface area contributed by atoms with Crippen molar-refractivity contribution in [1.82, 2.24) is 4.98 Å². The fraction of sp³-hybridized carbons (Fsp3) is 0.222. The molecule has 0 atom stereocenters. The molecule has 5 heteroatoms. The molecule has 1 aromatic carbocycles. The van der Waals surface area contributed by atoms with E-state index in [9.17, 15) is 9.59 Å². The van der Waals surface area contributed by atoms with Crippen LogP contribution in [0, 0.1) is 0 Å². The van der Waals surface area contributed by atoms with E-state index >= 15 is 0 Å². The zero-order valence-electron chi connectivity index (χ0n) is 12.8. The summed E-state index contributed by atoms with van der Waals surface area (Å²) in [6.45, 7) is 1.82. The number of Topliss-reactive ketones (excluding diaryl/α,β-unsaturated/α-hetero) is 2. The maximum Gasteiger partial charge on any atom is 0.170 e. The monoisotopic (exact) mass is 308 g/mol. The fourth-order valence-electron chi connectivity index (χ4n) is 2.44. The summed E-state index contributed by atoms with van der Waals surface area (Å²) in [6.07, 6.45) is 3.87. The van der Waals surface area contributed by atoms with Gasteiger partial charge in [-0.3, -0.25) is 19.6 Å². The number of benzene rings is 1. The average Bonchev–Trinajstić information content (AvgIpc) is 2.54. The summed E-state index contributed by atoms with van der Waals surface area (Å²) in [5.41, 5.74) is 2.84. The number of aliphatic imine (C=N–C) groups is 1. The number of nitrogens with zero attached hydrogens (tertiary/aromatic N) is 2. The first-order valence-corrected chi connectivity index (χ1v) is 7.36. The lowest BCUT2D eigenvalue weighted by molar-refractivity contribution is -0.116. The Morgan fingerprint density at radius 1 is 1.22 bits per heavy atom. The maximum atomic E-state index is 12.1. The lowest BCUT2D eigenvalue weighted by atomic mass is 10.0. The molecule has 2 heterocycles. The van der Waals surface area contributed by atoms with Crippen molar-refractivity contribution in [2.75, 3.05) is 6.61 Å². The Morgan fingerprint density at radius 2 is 2.00 bits per heavy atom. The van der Waals surface area contributed by atoms with Crippen molar-refractivity contribution in [3.8, 4) is 5.75 Å². The van der Waals surface area contributed by atoms with E-state index in [1.165, 1.54) is 0 Å². The standard InChI is InChI=1S/C18H16N2O3/c1-12(21)8-13-2-4-15(5-3-13)23-11-14-9-18(22)16-6-7-19-10-17(16)20-14/h2-7,10H,8-9,11H2,1H3. The van der Waals surface area contributed by atoms with E-state index in [0.29, 0.717) is 29.1 Å². The smallest absolute Gasteiger partial charge is 0.170 e. The molecule has 5 nitrogen and oxygen atoms in total. The van der Waals surface area contributed by atoms with Crippen LogP contribution in [0.4, 0.5) is 5.69 Å². The van der Waals surface area contributed by atoms with Crippen molar-refractivity contribution in [3.05, 3.63) is 53.9 Å². The molecular formula is C18H16N2O3. The van der Waals surface area contributed by atoms with Crippen LogP contribution in [-0.2, 0) is 11.2 Å². The highest BCUT2D eigenvalue weighted by atomic mass is 16.5. The molecule has 0 saturated heterocycles. The van der Waals surface area contributed by atoms with Gasteiger partial charge >= 0.3 is 0 Å². The van der Waals surface area contributed by atoms with E-state index in [1.807, 2.05) is 24.3 Å². The molecule has 1 aliphatic heterocycles. The molecule has 0 saturated carbocycles. The molecule has 0 amide bonds. The summed E-state index contributed by atoms with van der Waals surface area (Å²) in [4.78, 5) is 31.6. The molecule has 0 bridgehead atoms. The Kier molecular flexibility index (Phi) is 4.28. The molecule has 1 aliphatic rings. The van der Waals surface area contributed by atoms with Gasteiger partial charge in [0.25, 0.3) is 0 Å². The largest absolute Gasteiger partial charge is 0.488 e. The van der Waals surface area contributed by atoms with E-state index in [0.717, 1.165) is 5.56 Å². The molecule has 116 valence electrons. The predicted octanol–water partition coefficient (Wildman–Crippen LogP) is 2.95. The van der Waals surface area contributed by atoms with Gasteiger partial charge < -0.3 is 4.74 Å². The van der Waals surface area contributed by atoms with Crippen LogP contribution in [0.2, 0.25) is 0 Å². The number of carbonyl (C=O) groups excluding carboxylic acids is 2. The van der Waals surface area contributed by atoms with Crippen molar-refractivity contribution in [2.45, 2.75) is 19.8 Å². The van der Waals surface area contributed by atoms with Gasteiger partial charge in [0.15, 0.2) is 5.78 Å². The second-order valence-corrected chi connectivity index (χ2v) is 5.48. The lowest BCUT2D eigenvalue weighted by Gasteiger charge is -2.14. The van der Waals surface area contributed by atoms with Crippen LogP contribution in [0.5, 0.6) is 5.75 Å². The highest BCUT2D eigenvalue weighted by Gasteiger charge is 2.20. The summed E-state index contributed by atoms with van der Waals surface area (Å²) in [5.74, 6) is 0.846. The SMILES string of the molecule is CC(=O)Cc1ccc(OCC2=Nc3cnccc3C(=O)C2)cc1. The number of rotatable bonds is 5. The van der Waals surface area contributed by atoms with Gasteiger partial charge in [0.1, 0.15) is 18.1 Å². The number of hydrogen-bond donors (Lipinski definition) is 0. The molecule has 3 rings (SSSR count). The Labute approximate surface area is 134 Å². The quantitative estimate of drug-likeness (QED) is 0.851. The summed E-state index contributed by atoms with van der Waals surface area (Å²) >= 11 is 0. The van der Waals surface area contributed by atoms with Crippen LogP contribution >= 0.6 is 0 Å². The minimum atomic E-state index is 0.0350. The second kappa shape index (κ2) is 6.52. The third kappa shape index (κ3) is 3.69. The normalized spacial score (nSPS) is 13.3. The molecule has 0 unspecified atom stereocenters. The van der Waals surface area contributed by atoms with Crippen molar-refractivity contribution >= 4 is 23.0 Å². The van der Waals surface area contributed by atoms with Crippen LogP contribution in [0.1, 0.15) is 29.3 Å². The van der Waals surface area contributed by atoms with Gasteiger partial charge in [0, 0.05) is 18.2 Å². The summed E-state index contributed by atoms with van der Waals surface area (Å²) < 4.78 is 5.68. The first-order valence-electron chi connectivity index (χ1n) is 7.36. The van der Waals surface area contributed by atoms with Crippen LogP contribution in [0.25, 0.3) is 0 Å². The number of fused-ring (bicyclic) bond motifs is 1. The van der Waals surface area contributed by atoms with Crippen molar-refractivity contribution in [2.24, 2.45) is 4.99 Å². The van der Waals surface area contributed by atoms with Gasteiger partial charge in [0.2, 0.25) is 0 Å². The number of aromatic nitrogens is 1. The van der Waals surface area contributed by atoms with Gasteiger partial charge in [-0.15, -0.1) is 0 Å². The van der Waals surface area contributed by atoms with Crippen LogP contribution in [0.3, 0.4) is 0 Å². The molecule has 0 spiro atoms. The summed E-state index contributed by atoms with van der Waals surface area (Å²) in [7, 11) is 0. The highest BCUT2D eigenvalue weighted by molar-refractivity contribution is 6.16. The zero-order chi connectivity index (χ0) is 16.2. The Morgan fingerprint density at radius 3 is 2.74 bits per heavy atom. The Hall–Kier alpha value is -2.82. The molecule has 0 fully saturated rings. The minimum absolute atomic E-state index is 0.0350. The highest BCUT2D eigenvalue weighted by Crippen LogP contribution is 2.24. The molecular weight excluding hydrogens is 292 g/mol. The number of ketones is 2. The lowest BCUT2D eigenvalue weighted by Crippen LogP contribution is -2.19. The van der Waals surface area contributed by atoms with Crippen molar-refractivity contribution in [1.29, 1.82) is 0 Å². The van der Waals surface area contributed by atoms with E-state index in [2.05, 4.69) is 9.98 Å². The van der Waals surface area contributed by atoms with E-state index < -0.39 is 0 Å². The Bertz CT molecular complexity index is 779. The number of carbonyl (C=O) groups is 2. The first kappa shape index (κ1) is 15.1. The number of pyridine rings is 1. The Balaban J connectivity index is 1.66. The maximum absolute atomic E-state index is 12.1. The van der Waals surface area contributed by atoms with Crippen molar-refractivity contribution < 1.29 is 14.3 Å². The fourth-order valence-corrected chi connectivity index (χ4v) is 2.44. The van der Waals surface area contributed by atoms with E-state index in [4.69, 9.17) is 4.74 Å². The van der Waals surface area contributed by atoms with E-state index in [1.54, 1.807) is 25.4 Å². The zero-order valence-corrected chi connectivity index (χ0v) is 12.8. The summed E-state index contributed by atoms with van der Waals surface area (Å²) in [6, 6.07) is 9.05. The topological polar surface area (TPSA) is 68.6 Å². The van der Waals surface area contributed by atoms with Gasteiger partial charge in [-0.1, -0.05) is 12.1 Å². The average molecular weight is 308 g/mol. The van der Waals surface area contributed by atoms with Gasteiger partial charge in [-0.2, -0.15) is 0 Å². The number of hydrogen-bond acceptors (Lipinski definition) is 5. The minimum Gasteiger partial charge on any atom is -0.488 e. The molecule has 0 aliphatic carbocycles. The third-order valence-corrected chi connectivity index (χ3v) is 3.53. The first-order chi connectivity index (χ1) is 11.1. The van der Waals surface area contributed by atoms with Gasteiger partial charge in [-0.25, -0.2) is 0 Å². The molecule has 0 radical (unpaired) electrons. The van der Waals surface area contributed by atoms with Crippen molar-refractivity contribution in [3.63, 3.8) is 0 Å². The van der Waals surface area contributed by atoms with E-state index in [-0.39, 0.29) is 24.6 Å². The molecule has 1 aromatic heterocycles. The molecule has 2 aromatic rings. The van der Waals surface area contributed by atoms with Gasteiger partial charge in [-0.05, 0) is 30.7 Å². The third-order valence-electron chi connectivity index (χ3n) is 3.53.